The van der Waals surface area contributed by atoms with Gasteiger partial charge in [-0.2, -0.15) is 0 Å². The molecule has 0 aromatic heterocycles. The van der Waals surface area contributed by atoms with Gasteiger partial charge in [0.05, 0.1) is 13.2 Å². The van der Waals surface area contributed by atoms with E-state index in [0.29, 0.717) is 5.57 Å². The largest absolute Gasteiger partial charge is 0.444 e. The summed E-state index contributed by atoms with van der Waals surface area (Å²) in [5, 5.41) is 0. The van der Waals surface area contributed by atoms with Crippen molar-refractivity contribution in [1.82, 2.24) is 10.4 Å². The van der Waals surface area contributed by atoms with Crippen molar-refractivity contribution in [3.05, 3.63) is 11.6 Å². The summed E-state index contributed by atoms with van der Waals surface area (Å²) in [6.07, 6.45) is 4.91. The van der Waals surface area contributed by atoms with E-state index in [1.54, 1.807) is 4.90 Å². The lowest BCUT2D eigenvalue weighted by Gasteiger charge is -2.32. The Morgan fingerprint density at radius 2 is 2.00 bits per heavy atom. The molecule has 2 unspecified atom stereocenters. The first-order valence-corrected chi connectivity index (χ1v) is 7.38. The SMILES string of the molecule is CONC(=O)C1=CCCC2CCC1N2C(=O)OC(C)(C)C. The van der Waals surface area contributed by atoms with Crippen LogP contribution in [-0.2, 0) is 14.4 Å². The smallest absolute Gasteiger partial charge is 0.411 e. The number of hydrogen-bond acceptors (Lipinski definition) is 4. The molecule has 1 fully saturated rings. The van der Waals surface area contributed by atoms with Crippen LogP contribution in [0.25, 0.3) is 0 Å². The lowest BCUT2D eigenvalue weighted by atomic mass is 9.99. The van der Waals surface area contributed by atoms with Gasteiger partial charge in [-0.05, 0) is 46.5 Å². The molecule has 0 aromatic rings. The third kappa shape index (κ3) is 3.56. The highest BCUT2D eigenvalue weighted by atomic mass is 16.6. The second-order valence-electron chi connectivity index (χ2n) is 6.51. The van der Waals surface area contributed by atoms with Gasteiger partial charge in [-0.1, -0.05) is 6.08 Å². The summed E-state index contributed by atoms with van der Waals surface area (Å²) in [6.45, 7) is 5.54. The molecule has 0 radical (unpaired) electrons. The molecular formula is C15H24N2O4. The Hall–Kier alpha value is -1.56. The van der Waals surface area contributed by atoms with Crippen LogP contribution in [-0.4, -0.2) is 41.7 Å². The number of hydrogen-bond donors (Lipinski definition) is 1. The average molecular weight is 296 g/mol. The molecule has 0 saturated carbocycles. The van der Waals surface area contributed by atoms with Crippen molar-refractivity contribution in [1.29, 1.82) is 0 Å². The molecule has 21 heavy (non-hydrogen) atoms. The lowest BCUT2D eigenvalue weighted by Crippen LogP contribution is -2.46. The van der Waals surface area contributed by atoms with E-state index in [1.165, 1.54) is 7.11 Å². The zero-order valence-electron chi connectivity index (χ0n) is 13.1. The van der Waals surface area contributed by atoms with Crippen molar-refractivity contribution in [2.45, 2.75) is 64.1 Å². The Morgan fingerprint density at radius 1 is 1.29 bits per heavy atom. The molecule has 2 heterocycles. The molecule has 2 atom stereocenters. The molecular weight excluding hydrogens is 272 g/mol. The molecule has 1 N–H and O–H groups in total. The predicted molar refractivity (Wildman–Crippen MR) is 77.4 cm³/mol. The van der Waals surface area contributed by atoms with Crippen molar-refractivity contribution in [3.8, 4) is 0 Å². The fraction of sp³-hybridized carbons (Fsp3) is 0.733. The minimum atomic E-state index is -0.540. The molecule has 1 saturated heterocycles. The summed E-state index contributed by atoms with van der Waals surface area (Å²) in [7, 11) is 1.40. The fourth-order valence-corrected chi connectivity index (χ4v) is 3.03. The van der Waals surface area contributed by atoms with Gasteiger partial charge in [0.15, 0.2) is 0 Å². The Labute approximate surface area is 125 Å². The summed E-state index contributed by atoms with van der Waals surface area (Å²) in [5.41, 5.74) is 2.41. The molecule has 6 nitrogen and oxygen atoms in total. The number of ether oxygens (including phenoxy) is 1. The molecule has 118 valence electrons. The summed E-state index contributed by atoms with van der Waals surface area (Å²) < 4.78 is 5.50. The van der Waals surface area contributed by atoms with Crippen LogP contribution in [0.1, 0.15) is 46.5 Å². The van der Waals surface area contributed by atoms with Gasteiger partial charge in [-0.25, -0.2) is 10.3 Å². The van der Waals surface area contributed by atoms with Gasteiger partial charge in [0.1, 0.15) is 5.60 Å². The third-order valence-corrected chi connectivity index (χ3v) is 3.79. The van der Waals surface area contributed by atoms with E-state index in [2.05, 4.69) is 5.48 Å². The quantitative estimate of drug-likeness (QED) is 0.793. The molecule has 2 aliphatic rings. The monoisotopic (exact) mass is 296 g/mol. The van der Waals surface area contributed by atoms with Crippen molar-refractivity contribution in [2.24, 2.45) is 0 Å². The number of amides is 2. The molecule has 0 aromatic carbocycles. The summed E-state index contributed by atoms with van der Waals surface area (Å²) >= 11 is 0. The minimum absolute atomic E-state index is 0.147. The summed E-state index contributed by atoms with van der Waals surface area (Å²) in [5.74, 6) is -0.279. The maximum Gasteiger partial charge on any atom is 0.411 e. The van der Waals surface area contributed by atoms with Crippen molar-refractivity contribution in [2.75, 3.05) is 7.11 Å². The zero-order valence-corrected chi connectivity index (χ0v) is 13.1. The summed E-state index contributed by atoms with van der Waals surface area (Å²) in [6, 6.07) is -0.0727. The van der Waals surface area contributed by atoms with Crippen LogP contribution in [0.3, 0.4) is 0 Å². The van der Waals surface area contributed by atoms with E-state index < -0.39 is 5.60 Å². The van der Waals surface area contributed by atoms with Crippen LogP contribution < -0.4 is 5.48 Å². The van der Waals surface area contributed by atoms with E-state index in [1.807, 2.05) is 26.8 Å². The molecule has 2 rings (SSSR count). The number of nitrogens with one attached hydrogen (secondary N) is 1. The van der Waals surface area contributed by atoms with Crippen LogP contribution in [0.4, 0.5) is 4.79 Å². The van der Waals surface area contributed by atoms with Crippen molar-refractivity contribution >= 4 is 12.0 Å². The highest BCUT2D eigenvalue weighted by molar-refractivity contribution is 5.94. The molecule has 2 bridgehead atoms. The van der Waals surface area contributed by atoms with Gasteiger partial charge >= 0.3 is 6.09 Å². The molecule has 2 aliphatic heterocycles. The molecule has 2 amide bonds. The van der Waals surface area contributed by atoms with Gasteiger partial charge in [-0.3, -0.25) is 14.5 Å². The maximum atomic E-state index is 12.5. The van der Waals surface area contributed by atoms with E-state index in [9.17, 15) is 9.59 Å². The van der Waals surface area contributed by atoms with Crippen molar-refractivity contribution < 1.29 is 19.2 Å². The van der Waals surface area contributed by atoms with E-state index in [4.69, 9.17) is 9.57 Å². The van der Waals surface area contributed by atoms with E-state index in [0.717, 1.165) is 25.7 Å². The van der Waals surface area contributed by atoms with E-state index in [-0.39, 0.29) is 24.1 Å². The normalized spacial score (nSPS) is 25.1. The number of fused-ring (bicyclic) bond motifs is 2. The van der Waals surface area contributed by atoms with Crippen LogP contribution in [0.15, 0.2) is 11.6 Å². The zero-order chi connectivity index (χ0) is 15.6. The number of allylic oxidation sites excluding steroid dienone is 1. The van der Waals surface area contributed by atoms with Crippen molar-refractivity contribution in [3.63, 3.8) is 0 Å². The highest BCUT2D eigenvalue weighted by Gasteiger charge is 2.43. The first-order chi connectivity index (χ1) is 9.83. The highest BCUT2D eigenvalue weighted by Crippen LogP contribution is 2.36. The van der Waals surface area contributed by atoms with Gasteiger partial charge in [0.25, 0.3) is 5.91 Å². The minimum Gasteiger partial charge on any atom is -0.444 e. The number of hydroxylamine groups is 1. The van der Waals surface area contributed by atoms with Gasteiger partial charge in [0.2, 0.25) is 0 Å². The Bertz CT molecular complexity index is 453. The standard InChI is InChI=1S/C15H24N2O4/c1-15(2,3)21-14(19)17-10-6-5-7-11(12(17)9-8-10)13(18)16-20-4/h7,10,12H,5-6,8-9H2,1-4H3,(H,16,18). The van der Waals surface area contributed by atoms with Crippen LogP contribution in [0.5, 0.6) is 0 Å². The fourth-order valence-electron chi connectivity index (χ4n) is 3.03. The molecule has 0 aliphatic carbocycles. The lowest BCUT2D eigenvalue weighted by molar-refractivity contribution is -0.127. The second kappa shape index (κ2) is 6.05. The third-order valence-electron chi connectivity index (χ3n) is 3.79. The first kappa shape index (κ1) is 15.8. The predicted octanol–water partition coefficient (Wildman–Crippen LogP) is 2.15. The number of rotatable bonds is 2. The average Bonchev–Trinajstić information content (AvgIpc) is 2.63. The van der Waals surface area contributed by atoms with Gasteiger partial charge in [-0.15, -0.1) is 0 Å². The maximum absolute atomic E-state index is 12.5. The van der Waals surface area contributed by atoms with Gasteiger partial charge < -0.3 is 4.74 Å². The molecule has 6 heteroatoms. The Kier molecular flexibility index (Phi) is 4.56. The molecule has 0 spiro atoms. The van der Waals surface area contributed by atoms with Crippen LogP contribution >= 0.6 is 0 Å². The van der Waals surface area contributed by atoms with E-state index >= 15 is 0 Å². The summed E-state index contributed by atoms with van der Waals surface area (Å²) in [4.78, 5) is 31.0. The first-order valence-electron chi connectivity index (χ1n) is 7.38. The topological polar surface area (TPSA) is 67.9 Å². The Balaban J connectivity index is 2.20. The Morgan fingerprint density at radius 3 is 2.62 bits per heavy atom. The van der Waals surface area contributed by atoms with Crippen LogP contribution in [0.2, 0.25) is 0 Å². The van der Waals surface area contributed by atoms with Crippen LogP contribution in [0, 0.1) is 0 Å². The number of carbonyl (C=O) groups is 2. The van der Waals surface area contributed by atoms with Gasteiger partial charge in [0, 0.05) is 11.6 Å². The number of nitrogens with zero attached hydrogens (tertiary/aromatic N) is 1. The second-order valence-corrected chi connectivity index (χ2v) is 6.51. The number of carbonyl (C=O) groups excluding carboxylic acids is 2.